The molecule has 1 atom stereocenters. The van der Waals surface area contributed by atoms with E-state index in [0.717, 1.165) is 0 Å². The van der Waals surface area contributed by atoms with Crippen LogP contribution in [-0.2, 0) is 4.74 Å². The van der Waals surface area contributed by atoms with Crippen LogP contribution in [0.4, 0.5) is 0 Å². The number of rotatable bonds is 2. The minimum atomic E-state index is -0.946. The lowest BCUT2D eigenvalue weighted by molar-refractivity contribution is 0.0601. The van der Waals surface area contributed by atoms with Gasteiger partial charge in [-0.25, -0.2) is 9.78 Å². The van der Waals surface area contributed by atoms with Crippen molar-refractivity contribution in [3.63, 3.8) is 0 Å². The van der Waals surface area contributed by atoms with Crippen molar-refractivity contribution in [2.45, 2.75) is 13.0 Å². The molecule has 0 spiro atoms. The fourth-order valence-corrected chi connectivity index (χ4v) is 1.63. The van der Waals surface area contributed by atoms with E-state index in [0.29, 0.717) is 16.6 Å². The summed E-state index contributed by atoms with van der Waals surface area (Å²) in [5.74, 6) is -0.489. The number of hydrogen-bond donors (Lipinski definition) is 2. The number of nitrogens with zero attached hydrogens (tertiary/aromatic N) is 1. The van der Waals surface area contributed by atoms with Gasteiger partial charge in [-0.15, -0.1) is 0 Å². The highest BCUT2D eigenvalue weighted by Crippen LogP contribution is 2.13. The van der Waals surface area contributed by atoms with Crippen molar-refractivity contribution in [2.24, 2.45) is 0 Å². The predicted molar refractivity (Wildman–Crippen MR) is 64.3 cm³/mol. The molecule has 0 aliphatic rings. The van der Waals surface area contributed by atoms with Crippen molar-refractivity contribution < 1.29 is 14.6 Å². The van der Waals surface area contributed by atoms with Gasteiger partial charge in [-0.3, -0.25) is 4.79 Å². The van der Waals surface area contributed by atoms with Gasteiger partial charge in [0.1, 0.15) is 5.69 Å². The normalized spacial score (nSPS) is 12.4. The molecular formula is C12H12N2O4. The van der Waals surface area contributed by atoms with Crippen molar-refractivity contribution >= 4 is 17.0 Å². The molecule has 18 heavy (non-hydrogen) atoms. The summed E-state index contributed by atoms with van der Waals surface area (Å²) < 4.78 is 4.59. The lowest BCUT2D eigenvalue weighted by Gasteiger charge is -2.05. The summed E-state index contributed by atoms with van der Waals surface area (Å²) >= 11 is 0. The highest BCUT2D eigenvalue weighted by molar-refractivity contribution is 5.93. The summed E-state index contributed by atoms with van der Waals surface area (Å²) in [4.78, 5) is 29.6. The van der Waals surface area contributed by atoms with Crippen LogP contribution in [0.3, 0.4) is 0 Å². The second kappa shape index (κ2) is 4.58. The highest BCUT2D eigenvalue weighted by Gasteiger charge is 2.12. The average Bonchev–Trinajstić information content (AvgIpc) is 2.35. The summed E-state index contributed by atoms with van der Waals surface area (Å²) in [5, 5.41) is 9.39. The van der Waals surface area contributed by atoms with Gasteiger partial charge < -0.3 is 14.8 Å². The molecule has 0 saturated heterocycles. The topological polar surface area (TPSA) is 92.3 Å². The third kappa shape index (κ3) is 2.10. The van der Waals surface area contributed by atoms with Crippen LogP contribution in [-0.4, -0.2) is 28.2 Å². The van der Waals surface area contributed by atoms with Crippen LogP contribution in [0.15, 0.2) is 23.0 Å². The minimum Gasteiger partial charge on any atom is -0.465 e. The SMILES string of the molecule is COC(=O)c1ccc2nc(C(C)O)c(=O)[nH]c2c1. The van der Waals surface area contributed by atoms with Crippen LogP contribution in [0, 0.1) is 0 Å². The van der Waals surface area contributed by atoms with E-state index >= 15 is 0 Å². The largest absolute Gasteiger partial charge is 0.465 e. The first-order valence-electron chi connectivity index (χ1n) is 5.33. The van der Waals surface area contributed by atoms with E-state index in [1.807, 2.05) is 0 Å². The summed E-state index contributed by atoms with van der Waals surface area (Å²) in [6.45, 7) is 1.46. The van der Waals surface area contributed by atoms with E-state index in [2.05, 4.69) is 14.7 Å². The first-order chi connectivity index (χ1) is 8.52. The van der Waals surface area contributed by atoms with Crippen molar-refractivity contribution in [3.05, 3.63) is 39.8 Å². The number of aliphatic hydroxyl groups is 1. The Morgan fingerprint density at radius 3 is 2.83 bits per heavy atom. The summed E-state index contributed by atoms with van der Waals surface area (Å²) in [7, 11) is 1.28. The van der Waals surface area contributed by atoms with Crippen LogP contribution in [0.2, 0.25) is 0 Å². The fraction of sp³-hybridized carbons (Fsp3) is 0.250. The standard InChI is InChI=1S/C12H12N2O4/c1-6(15)10-11(16)14-9-5-7(12(17)18-2)3-4-8(9)13-10/h3-6,15H,1-2H3,(H,14,16). The predicted octanol–water partition coefficient (Wildman–Crippen LogP) is 0.763. The van der Waals surface area contributed by atoms with Crippen molar-refractivity contribution in [1.29, 1.82) is 0 Å². The average molecular weight is 248 g/mol. The molecular weight excluding hydrogens is 236 g/mol. The number of aromatic amines is 1. The van der Waals surface area contributed by atoms with Gasteiger partial charge in [0.15, 0.2) is 0 Å². The monoisotopic (exact) mass is 248 g/mol. The smallest absolute Gasteiger partial charge is 0.337 e. The summed E-state index contributed by atoms with van der Waals surface area (Å²) in [6, 6.07) is 4.62. The van der Waals surface area contributed by atoms with Crippen LogP contribution < -0.4 is 5.56 Å². The van der Waals surface area contributed by atoms with Crippen molar-refractivity contribution in [1.82, 2.24) is 9.97 Å². The number of carbonyl (C=O) groups excluding carboxylic acids is 1. The van der Waals surface area contributed by atoms with Crippen molar-refractivity contribution in [2.75, 3.05) is 7.11 Å². The number of methoxy groups -OCH3 is 1. The number of ether oxygens (including phenoxy) is 1. The van der Waals surface area contributed by atoms with Gasteiger partial charge in [-0.05, 0) is 25.1 Å². The molecule has 1 aromatic carbocycles. The Kier molecular flexibility index (Phi) is 3.12. The molecule has 2 aromatic rings. The first-order valence-corrected chi connectivity index (χ1v) is 5.33. The zero-order valence-electron chi connectivity index (χ0n) is 9.93. The maximum atomic E-state index is 11.6. The molecule has 2 rings (SSSR count). The van der Waals surface area contributed by atoms with Gasteiger partial charge in [-0.2, -0.15) is 0 Å². The van der Waals surface area contributed by atoms with E-state index in [1.165, 1.54) is 20.1 Å². The number of H-pyrrole nitrogens is 1. The van der Waals surface area contributed by atoms with E-state index < -0.39 is 17.6 Å². The maximum Gasteiger partial charge on any atom is 0.337 e. The zero-order chi connectivity index (χ0) is 13.3. The third-order valence-corrected chi connectivity index (χ3v) is 2.54. The van der Waals surface area contributed by atoms with Gasteiger partial charge in [-0.1, -0.05) is 0 Å². The number of aliphatic hydroxyl groups excluding tert-OH is 1. The molecule has 0 aliphatic heterocycles. The molecule has 0 radical (unpaired) electrons. The van der Waals surface area contributed by atoms with Crippen molar-refractivity contribution in [3.8, 4) is 0 Å². The number of benzene rings is 1. The number of fused-ring (bicyclic) bond motifs is 1. The molecule has 0 bridgehead atoms. The Hall–Kier alpha value is -2.21. The van der Waals surface area contributed by atoms with E-state index in [4.69, 9.17) is 0 Å². The lowest BCUT2D eigenvalue weighted by atomic mass is 10.2. The minimum absolute atomic E-state index is 0.0494. The molecule has 94 valence electrons. The first kappa shape index (κ1) is 12.3. The number of esters is 1. The summed E-state index contributed by atoms with van der Waals surface area (Å²) in [5.41, 5.74) is 0.825. The molecule has 6 heteroatoms. The molecule has 0 aliphatic carbocycles. The Morgan fingerprint density at radius 2 is 2.22 bits per heavy atom. The quantitative estimate of drug-likeness (QED) is 0.765. The molecule has 0 fully saturated rings. The maximum absolute atomic E-state index is 11.6. The molecule has 0 amide bonds. The van der Waals surface area contributed by atoms with E-state index in [1.54, 1.807) is 12.1 Å². The number of aromatic nitrogens is 2. The van der Waals surface area contributed by atoms with Crippen LogP contribution in [0.5, 0.6) is 0 Å². The van der Waals surface area contributed by atoms with E-state index in [9.17, 15) is 14.7 Å². The van der Waals surface area contributed by atoms with Gasteiger partial charge in [0.05, 0.1) is 29.8 Å². The fourth-order valence-electron chi connectivity index (χ4n) is 1.63. The number of hydrogen-bond acceptors (Lipinski definition) is 5. The molecule has 6 nitrogen and oxygen atoms in total. The number of nitrogens with one attached hydrogen (secondary N) is 1. The molecule has 1 heterocycles. The Bertz CT molecular complexity index is 661. The van der Waals surface area contributed by atoms with E-state index in [-0.39, 0.29) is 5.69 Å². The second-order valence-electron chi connectivity index (χ2n) is 3.85. The van der Waals surface area contributed by atoms with Gasteiger partial charge in [0.25, 0.3) is 5.56 Å². The zero-order valence-corrected chi connectivity index (χ0v) is 9.93. The molecule has 1 unspecified atom stereocenters. The third-order valence-electron chi connectivity index (χ3n) is 2.54. The van der Waals surface area contributed by atoms with Gasteiger partial charge in [0.2, 0.25) is 0 Å². The second-order valence-corrected chi connectivity index (χ2v) is 3.85. The molecule has 0 saturated carbocycles. The van der Waals surface area contributed by atoms with Crippen LogP contribution in [0.1, 0.15) is 29.1 Å². The Labute approximate surface area is 102 Å². The van der Waals surface area contributed by atoms with Crippen LogP contribution in [0.25, 0.3) is 11.0 Å². The number of carbonyl (C=O) groups is 1. The molecule has 1 aromatic heterocycles. The van der Waals surface area contributed by atoms with Gasteiger partial charge in [0, 0.05) is 0 Å². The lowest BCUT2D eigenvalue weighted by Crippen LogP contribution is -2.17. The Balaban J connectivity index is 2.63. The van der Waals surface area contributed by atoms with Gasteiger partial charge >= 0.3 is 5.97 Å². The molecule has 2 N–H and O–H groups in total. The Morgan fingerprint density at radius 1 is 1.50 bits per heavy atom. The highest BCUT2D eigenvalue weighted by atomic mass is 16.5. The van der Waals surface area contributed by atoms with Crippen LogP contribution >= 0.6 is 0 Å². The summed E-state index contributed by atoms with van der Waals surface area (Å²) in [6.07, 6.45) is -0.946.